The Morgan fingerprint density at radius 2 is 2.21 bits per heavy atom. The molecule has 0 aromatic heterocycles. The summed E-state index contributed by atoms with van der Waals surface area (Å²) in [4.78, 5) is 6.41. The standard InChI is InChI=1S/C13H16Cl2N4/c14-10-4-2-1-3-9(10)8-19-6-5-18-13(17)11(19)7-12(15)16/h1-4,11,16H,5-8H2,(H2,17,18). The molecular weight excluding hydrogens is 283 g/mol. The van der Waals surface area contributed by atoms with Crippen molar-refractivity contribution in [2.24, 2.45) is 10.7 Å². The first kappa shape index (κ1) is 14.3. The van der Waals surface area contributed by atoms with E-state index in [2.05, 4.69) is 9.89 Å². The van der Waals surface area contributed by atoms with Crippen molar-refractivity contribution in [2.75, 3.05) is 13.1 Å². The molecule has 1 atom stereocenters. The number of nitrogens with zero attached hydrogens (tertiary/aromatic N) is 2. The lowest BCUT2D eigenvalue weighted by Gasteiger charge is -2.34. The highest BCUT2D eigenvalue weighted by Crippen LogP contribution is 2.20. The Morgan fingerprint density at radius 3 is 2.89 bits per heavy atom. The van der Waals surface area contributed by atoms with Crippen LogP contribution in [-0.4, -0.2) is 35.0 Å². The molecule has 1 heterocycles. The summed E-state index contributed by atoms with van der Waals surface area (Å²) in [6.45, 7) is 2.15. The molecule has 0 bridgehead atoms. The summed E-state index contributed by atoms with van der Waals surface area (Å²) in [5.41, 5.74) is 6.98. The summed E-state index contributed by atoms with van der Waals surface area (Å²) in [7, 11) is 0. The molecule has 1 aliphatic rings. The Labute approximate surface area is 122 Å². The minimum Gasteiger partial charge on any atom is -0.386 e. The molecule has 1 aromatic carbocycles. The van der Waals surface area contributed by atoms with Crippen LogP contribution in [0.25, 0.3) is 0 Å². The Balaban J connectivity index is 2.16. The molecule has 0 radical (unpaired) electrons. The van der Waals surface area contributed by atoms with E-state index in [-0.39, 0.29) is 11.2 Å². The zero-order chi connectivity index (χ0) is 13.8. The van der Waals surface area contributed by atoms with Gasteiger partial charge >= 0.3 is 0 Å². The first-order chi connectivity index (χ1) is 9.08. The van der Waals surface area contributed by atoms with Gasteiger partial charge in [0.1, 0.15) is 5.84 Å². The summed E-state index contributed by atoms with van der Waals surface area (Å²) >= 11 is 11.9. The number of nitrogens with two attached hydrogens (primary N) is 1. The molecule has 0 aliphatic carbocycles. The highest BCUT2D eigenvalue weighted by Gasteiger charge is 2.26. The van der Waals surface area contributed by atoms with Crippen LogP contribution in [0.3, 0.4) is 0 Å². The second kappa shape index (κ2) is 6.37. The van der Waals surface area contributed by atoms with Crippen LogP contribution in [0.15, 0.2) is 29.3 Å². The van der Waals surface area contributed by atoms with Crippen LogP contribution in [0.4, 0.5) is 0 Å². The van der Waals surface area contributed by atoms with Gasteiger partial charge in [-0.2, -0.15) is 0 Å². The summed E-state index contributed by atoms with van der Waals surface area (Å²) < 4.78 is 0. The largest absolute Gasteiger partial charge is 0.386 e. The van der Waals surface area contributed by atoms with Crippen molar-refractivity contribution >= 4 is 34.2 Å². The quantitative estimate of drug-likeness (QED) is 0.839. The predicted octanol–water partition coefficient (Wildman–Crippen LogP) is 2.49. The third-order valence-corrected chi connectivity index (χ3v) is 3.69. The van der Waals surface area contributed by atoms with Gasteiger partial charge in [0.15, 0.2) is 0 Å². The van der Waals surface area contributed by atoms with E-state index >= 15 is 0 Å². The number of hydrogen-bond donors (Lipinski definition) is 2. The van der Waals surface area contributed by atoms with E-state index in [1.54, 1.807) is 0 Å². The minimum atomic E-state index is -0.116. The van der Waals surface area contributed by atoms with Gasteiger partial charge < -0.3 is 5.73 Å². The molecule has 0 saturated carbocycles. The fraction of sp³-hybridized carbons (Fsp3) is 0.385. The molecule has 6 heteroatoms. The third kappa shape index (κ3) is 3.69. The first-order valence-electron chi connectivity index (χ1n) is 6.08. The molecule has 2 rings (SSSR count). The fourth-order valence-electron chi connectivity index (χ4n) is 2.19. The van der Waals surface area contributed by atoms with Crippen molar-refractivity contribution in [2.45, 2.75) is 19.0 Å². The van der Waals surface area contributed by atoms with Crippen molar-refractivity contribution in [1.82, 2.24) is 4.90 Å². The number of rotatable bonds is 4. The van der Waals surface area contributed by atoms with E-state index in [1.165, 1.54) is 0 Å². The lowest BCUT2D eigenvalue weighted by atomic mass is 10.1. The molecule has 1 aliphatic heterocycles. The van der Waals surface area contributed by atoms with Gasteiger partial charge in [-0.3, -0.25) is 15.3 Å². The fourth-order valence-corrected chi connectivity index (χ4v) is 2.54. The van der Waals surface area contributed by atoms with Crippen molar-refractivity contribution < 1.29 is 0 Å². The van der Waals surface area contributed by atoms with Crippen LogP contribution in [0.5, 0.6) is 0 Å². The van der Waals surface area contributed by atoms with Gasteiger partial charge in [-0.05, 0) is 11.6 Å². The van der Waals surface area contributed by atoms with E-state index in [9.17, 15) is 0 Å². The Bertz CT molecular complexity index is 501. The van der Waals surface area contributed by atoms with Gasteiger partial charge in [-0.15, -0.1) is 0 Å². The van der Waals surface area contributed by atoms with Crippen LogP contribution in [0.1, 0.15) is 12.0 Å². The second-order valence-electron chi connectivity index (χ2n) is 4.49. The lowest BCUT2D eigenvalue weighted by Crippen LogP contribution is -2.49. The van der Waals surface area contributed by atoms with Crippen LogP contribution in [0.2, 0.25) is 5.02 Å². The molecule has 3 N–H and O–H groups in total. The van der Waals surface area contributed by atoms with Gasteiger partial charge in [-0.1, -0.05) is 41.4 Å². The molecule has 1 aromatic rings. The Hall–Kier alpha value is -1.10. The average Bonchev–Trinajstić information content (AvgIpc) is 2.36. The van der Waals surface area contributed by atoms with Crippen LogP contribution >= 0.6 is 23.2 Å². The lowest BCUT2D eigenvalue weighted by molar-refractivity contribution is 0.232. The van der Waals surface area contributed by atoms with Gasteiger partial charge in [0.05, 0.1) is 17.8 Å². The molecule has 0 amide bonds. The number of hydrogen-bond acceptors (Lipinski definition) is 4. The summed E-state index contributed by atoms with van der Waals surface area (Å²) in [5.74, 6) is 0.545. The highest BCUT2D eigenvalue weighted by atomic mass is 35.5. The van der Waals surface area contributed by atoms with Gasteiger partial charge in [0.2, 0.25) is 0 Å². The molecule has 0 fully saturated rings. The maximum Gasteiger partial charge on any atom is 0.112 e. The molecule has 4 nitrogen and oxygen atoms in total. The van der Waals surface area contributed by atoms with E-state index in [1.807, 2.05) is 24.3 Å². The van der Waals surface area contributed by atoms with Crippen molar-refractivity contribution in [3.63, 3.8) is 0 Å². The predicted molar refractivity (Wildman–Crippen MR) is 80.3 cm³/mol. The summed E-state index contributed by atoms with van der Waals surface area (Å²) in [6.07, 6.45) is 0.390. The zero-order valence-corrected chi connectivity index (χ0v) is 12.0. The van der Waals surface area contributed by atoms with Crippen LogP contribution in [-0.2, 0) is 6.54 Å². The zero-order valence-electron chi connectivity index (χ0n) is 10.4. The molecule has 19 heavy (non-hydrogen) atoms. The normalized spacial score (nSPS) is 20.1. The molecule has 0 spiro atoms. The van der Waals surface area contributed by atoms with Gasteiger partial charge in [-0.25, -0.2) is 0 Å². The molecule has 102 valence electrons. The summed E-state index contributed by atoms with van der Waals surface area (Å²) in [5, 5.41) is 8.27. The molecule has 1 unspecified atom stereocenters. The van der Waals surface area contributed by atoms with Crippen LogP contribution < -0.4 is 5.73 Å². The van der Waals surface area contributed by atoms with Gasteiger partial charge in [0.25, 0.3) is 0 Å². The topological polar surface area (TPSA) is 65.5 Å². The number of halogens is 2. The smallest absolute Gasteiger partial charge is 0.112 e. The van der Waals surface area contributed by atoms with Crippen molar-refractivity contribution in [1.29, 1.82) is 5.41 Å². The highest BCUT2D eigenvalue weighted by molar-refractivity contribution is 6.64. The first-order valence-corrected chi connectivity index (χ1v) is 6.83. The van der Waals surface area contributed by atoms with E-state index in [0.29, 0.717) is 25.3 Å². The number of nitrogens with one attached hydrogen (secondary N) is 1. The average molecular weight is 299 g/mol. The van der Waals surface area contributed by atoms with Crippen molar-refractivity contribution in [3.05, 3.63) is 34.9 Å². The maximum atomic E-state index is 7.43. The van der Waals surface area contributed by atoms with Crippen molar-refractivity contribution in [3.8, 4) is 0 Å². The summed E-state index contributed by atoms with van der Waals surface area (Å²) in [6, 6.07) is 7.62. The number of benzene rings is 1. The second-order valence-corrected chi connectivity index (χ2v) is 5.36. The van der Waals surface area contributed by atoms with Crippen LogP contribution in [0, 0.1) is 5.41 Å². The Morgan fingerprint density at radius 1 is 1.47 bits per heavy atom. The molecule has 0 saturated heterocycles. The number of amidine groups is 1. The molecular formula is C13H16Cl2N4. The Kier molecular flexibility index (Phi) is 4.80. The SMILES string of the molecule is N=C(Cl)CC1C(N)=NCCN1Cc1ccccc1Cl. The maximum absolute atomic E-state index is 7.43. The van der Waals surface area contributed by atoms with E-state index in [0.717, 1.165) is 17.1 Å². The monoisotopic (exact) mass is 298 g/mol. The van der Waals surface area contributed by atoms with Gasteiger partial charge in [0, 0.05) is 24.5 Å². The third-order valence-electron chi connectivity index (χ3n) is 3.17. The van der Waals surface area contributed by atoms with E-state index < -0.39 is 0 Å². The number of aliphatic imine (C=N–C) groups is 1. The minimum absolute atomic E-state index is 0.0919. The van der Waals surface area contributed by atoms with E-state index in [4.69, 9.17) is 34.3 Å².